The summed E-state index contributed by atoms with van der Waals surface area (Å²) in [6.07, 6.45) is 1.30. The van der Waals surface area contributed by atoms with Crippen molar-refractivity contribution in [1.29, 1.82) is 0 Å². The van der Waals surface area contributed by atoms with Gasteiger partial charge in [-0.25, -0.2) is 9.97 Å². The van der Waals surface area contributed by atoms with Crippen LogP contribution in [-0.4, -0.2) is 42.3 Å². The summed E-state index contributed by atoms with van der Waals surface area (Å²) in [7, 11) is 1.92. The third kappa shape index (κ3) is 3.28. The summed E-state index contributed by atoms with van der Waals surface area (Å²) < 4.78 is 5.81. The molecule has 1 aromatic rings. The Morgan fingerprint density at radius 1 is 1.38 bits per heavy atom. The number of hydrogen-bond donors (Lipinski definition) is 1. The highest BCUT2D eigenvalue weighted by atomic mass is 16.5. The molecule has 1 saturated heterocycles. The van der Waals surface area contributed by atoms with Crippen molar-refractivity contribution < 1.29 is 4.74 Å². The van der Waals surface area contributed by atoms with Crippen LogP contribution in [0.1, 0.15) is 51.4 Å². The van der Waals surface area contributed by atoms with E-state index in [1.165, 1.54) is 0 Å². The molecule has 0 bridgehead atoms. The van der Waals surface area contributed by atoms with Crippen LogP contribution < -0.4 is 10.2 Å². The molecule has 5 heteroatoms. The van der Waals surface area contributed by atoms with E-state index in [0.29, 0.717) is 12.0 Å². The lowest BCUT2D eigenvalue weighted by atomic mass is 10.1. The third-order valence-corrected chi connectivity index (χ3v) is 4.10. The predicted octanol–water partition coefficient (Wildman–Crippen LogP) is 2.95. The van der Waals surface area contributed by atoms with Crippen LogP contribution in [0.5, 0.6) is 0 Å². The summed E-state index contributed by atoms with van der Waals surface area (Å²) in [4.78, 5) is 11.9. The first kappa shape index (κ1) is 16.0. The maximum Gasteiger partial charge on any atom is 0.137 e. The van der Waals surface area contributed by atoms with E-state index in [2.05, 4.69) is 49.8 Å². The molecule has 0 saturated carbocycles. The van der Waals surface area contributed by atoms with Gasteiger partial charge in [0, 0.05) is 25.1 Å². The zero-order valence-corrected chi connectivity index (χ0v) is 14.1. The van der Waals surface area contributed by atoms with Crippen LogP contribution in [0.25, 0.3) is 0 Å². The van der Waals surface area contributed by atoms with Gasteiger partial charge in [-0.15, -0.1) is 0 Å². The Morgan fingerprint density at radius 2 is 2.10 bits per heavy atom. The van der Waals surface area contributed by atoms with E-state index in [9.17, 15) is 0 Å². The minimum absolute atomic E-state index is 0.239. The van der Waals surface area contributed by atoms with E-state index in [0.717, 1.165) is 42.6 Å². The Morgan fingerprint density at radius 3 is 2.67 bits per heavy atom. The fraction of sp³-hybridized carbons (Fsp3) is 0.750. The average molecular weight is 292 g/mol. The highest BCUT2D eigenvalue weighted by molar-refractivity contribution is 5.59. The van der Waals surface area contributed by atoms with Crippen LogP contribution in [-0.2, 0) is 4.74 Å². The number of anilines is 2. The Hall–Kier alpha value is -1.36. The summed E-state index contributed by atoms with van der Waals surface area (Å²) >= 11 is 0. The molecule has 118 valence electrons. The molecule has 1 N–H and O–H groups in total. The fourth-order valence-corrected chi connectivity index (χ4v) is 2.74. The van der Waals surface area contributed by atoms with Gasteiger partial charge < -0.3 is 15.0 Å². The summed E-state index contributed by atoms with van der Waals surface area (Å²) in [5, 5.41) is 3.21. The highest BCUT2D eigenvalue weighted by Gasteiger charge is 2.29. The van der Waals surface area contributed by atoms with Crippen LogP contribution in [0.2, 0.25) is 0 Å². The molecule has 2 heterocycles. The van der Waals surface area contributed by atoms with Crippen LogP contribution in [0.4, 0.5) is 11.6 Å². The molecule has 1 aliphatic rings. The van der Waals surface area contributed by atoms with Crippen LogP contribution in [0, 0.1) is 6.92 Å². The van der Waals surface area contributed by atoms with Crippen LogP contribution >= 0.6 is 0 Å². The number of rotatable bonds is 4. The summed E-state index contributed by atoms with van der Waals surface area (Å²) in [6, 6.07) is 0.388. The normalized spacial score (nSPS) is 22.7. The molecule has 0 amide bonds. The second-order valence-corrected chi connectivity index (χ2v) is 6.14. The van der Waals surface area contributed by atoms with E-state index in [4.69, 9.17) is 9.72 Å². The van der Waals surface area contributed by atoms with Crippen LogP contribution in [0.3, 0.4) is 0 Å². The minimum atomic E-state index is 0.239. The Balaban J connectivity index is 2.47. The van der Waals surface area contributed by atoms with Crippen LogP contribution in [0.15, 0.2) is 0 Å². The van der Waals surface area contributed by atoms with Crippen molar-refractivity contribution in [2.45, 2.75) is 59.1 Å². The number of nitrogens with one attached hydrogen (secondary N) is 1. The minimum Gasteiger partial charge on any atom is -0.375 e. The first-order chi connectivity index (χ1) is 9.97. The SMILES string of the molecule is CCC1COC(C)CN1c1nc(C(C)C)nc(NC)c1C. The number of nitrogens with zero attached hydrogens (tertiary/aromatic N) is 3. The van der Waals surface area contributed by atoms with E-state index < -0.39 is 0 Å². The van der Waals surface area contributed by atoms with Crippen molar-refractivity contribution in [3.05, 3.63) is 11.4 Å². The van der Waals surface area contributed by atoms with E-state index in [1.54, 1.807) is 0 Å². The molecule has 2 rings (SSSR count). The predicted molar refractivity (Wildman–Crippen MR) is 87.2 cm³/mol. The van der Waals surface area contributed by atoms with Gasteiger partial charge in [0.2, 0.25) is 0 Å². The lowest BCUT2D eigenvalue weighted by Gasteiger charge is -2.40. The van der Waals surface area contributed by atoms with Gasteiger partial charge in [-0.3, -0.25) is 0 Å². The maximum atomic E-state index is 5.81. The topological polar surface area (TPSA) is 50.3 Å². The largest absolute Gasteiger partial charge is 0.375 e. The smallest absolute Gasteiger partial charge is 0.137 e. The van der Waals surface area contributed by atoms with Gasteiger partial charge in [-0.1, -0.05) is 20.8 Å². The van der Waals surface area contributed by atoms with Gasteiger partial charge in [-0.05, 0) is 20.3 Å². The molecule has 1 fully saturated rings. The molecule has 2 unspecified atom stereocenters. The fourth-order valence-electron chi connectivity index (χ4n) is 2.74. The van der Waals surface area contributed by atoms with Crippen molar-refractivity contribution >= 4 is 11.6 Å². The number of hydrogen-bond acceptors (Lipinski definition) is 5. The van der Waals surface area contributed by atoms with Crippen molar-refractivity contribution in [3.63, 3.8) is 0 Å². The molecule has 0 aromatic carbocycles. The third-order valence-electron chi connectivity index (χ3n) is 4.10. The van der Waals surface area contributed by atoms with Gasteiger partial charge in [0.25, 0.3) is 0 Å². The zero-order valence-electron chi connectivity index (χ0n) is 14.1. The number of morpholine rings is 1. The van der Waals surface area contributed by atoms with Gasteiger partial charge >= 0.3 is 0 Å². The van der Waals surface area contributed by atoms with E-state index in [-0.39, 0.29) is 6.10 Å². The van der Waals surface area contributed by atoms with Crippen molar-refractivity contribution in [1.82, 2.24) is 9.97 Å². The Bertz CT molecular complexity index is 489. The second kappa shape index (κ2) is 6.60. The molecular formula is C16H28N4O. The Kier molecular flexibility index (Phi) is 5.04. The molecule has 0 aliphatic carbocycles. The van der Waals surface area contributed by atoms with Gasteiger partial charge in [-0.2, -0.15) is 0 Å². The van der Waals surface area contributed by atoms with E-state index >= 15 is 0 Å². The standard InChI is InChI=1S/C16H28N4O/c1-7-13-9-21-11(4)8-20(13)16-12(5)15(17-6)18-14(19-16)10(2)3/h10-11,13H,7-9H2,1-6H3,(H,17,18,19). The molecule has 2 atom stereocenters. The summed E-state index contributed by atoms with van der Waals surface area (Å²) in [5.41, 5.74) is 1.12. The lowest BCUT2D eigenvalue weighted by molar-refractivity contribution is 0.0295. The number of ether oxygens (including phenoxy) is 1. The molecule has 5 nitrogen and oxygen atoms in total. The first-order valence-electron chi connectivity index (χ1n) is 7.92. The first-order valence-corrected chi connectivity index (χ1v) is 7.92. The zero-order chi connectivity index (χ0) is 15.6. The molecule has 1 aliphatic heterocycles. The number of aromatic nitrogens is 2. The molecule has 0 spiro atoms. The van der Waals surface area contributed by atoms with Crippen molar-refractivity contribution in [2.75, 3.05) is 30.4 Å². The lowest BCUT2D eigenvalue weighted by Crippen LogP contribution is -2.49. The molecular weight excluding hydrogens is 264 g/mol. The van der Waals surface area contributed by atoms with Gasteiger partial charge in [0.15, 0.2) is 0 Å². The van der Waals surface area contributed by atoms with Crippen molar-refractivity contribution in [3.8, 4) is 0 Å². The highest BCUT2D eigenvalue weighted by Crippen LogP contribution is 2.29. The quantitative estimate of drug-likeness (QED) is 0.924. The van der Waals surface area contributed by atoms with E-state index in [1.807, 2.05) is 7.05 Å². The second-order valence-electron chi connectivity index (χ2n) is 6.14. The monoisotopic (exact) mass is 292 g/mol. The molecule has 21 heavy (non-hydrogen) atoms. The molecule has 0 radical (unpaired) electrons. The maximum absolute atomic E-state index is 5.81. The van der Waals surface area contributed by atoms with Gasteiger partial charge in [0.1, 0.15) is 17.5 Å². The summed E-state index contributed by atoms with van der Waals surface area (Å²) in [6.45, 7) is 12.3. The summed E-state index contributed by atoms with van der Waals surface area (Å²) in [5.74, 6) is 3.20. The van der Waals surface area contributed by atoms with Crippen molar-refractivity contribution in [2.24, 2.45) is 0 Å². The average Bonchev–Trinajstić information content (AvgIpc) is 2.47. The van der Waals surface area contributed by atoms with Gasteiger partial charge in [0.05, 0.1) is 18.8 Å². The Labute approximate surface area is 128 Å². The molecule has 1 aromatic heterocycles.